The molecule has 0 aliphatic carbocycles. The normalized spacial score (nSPS) is 11.4. The number of hydrogen-bond acceptors (Lipinski definition) is 2. The van der Waals surface area contributed by atoms with E-state index in [-0.39, 0.29) is 5.91 Å². The fourth-order valence-corrected chi connectivity index (χ4v) is 2.19. The second-order valence-electron chi connectivity index (χ2n) is 5.27. The first-order valence-corrected chi connectivity index (χ1v) is 7.90. The van der Waals surface area contributed by atoms with Crippen LogP contribution in [-0.2, 0) is 6.54 Å². The van der Waals surface area contributed by atoms with Crippen molar-refractivity contribution in [2.75, 3.05) is 20.6 Å². The Labute approximate surface area is 133 Å². The van der Waals surface area contributed by atoms with Crippen molar-refractivity contribution in [1.82, 2.24) is 16.0 Å². The van der Waals surface area contributed by atoms with Crippen LogP contribution in [-0.4, -0.2) is 32.5 Å². The zero-order valence-corrected chi connectivity index (χ0v) is 14.1. The molecule has 1 aromatic rings. The fourth-order valence-electron chi connectivity index (χ4n) is 2.19. The average molecular weight is 304 g/mol. The highest BCUT2D eigenvalue weighted by Gasteiger charge is 2.06. The Bertz CT molecular complexity index is 495. The number of nitrogens with zero attached hydrogens (tertiary/aromatic N) is 1. The van der Waals surface area contributed by atoms with Crippen molar-refractivity contribution in [2.45, 2.75) is 33.2 Å². The van der Waals surface area contributed by atoms with Crippen LogP contribution in [0.1, 0.15) is 42.6 Å². The maximum absolute atomic E-state index is 11.6. The van der Waals surface area contributed by atoms with Gasteiger partial charge in [-0.3, -0.25) is 9.79 Å². The van der Waals surface area contributed by atoms with Crippen LogP contribution in [0.2, 0.25) is 0 Å². The highest BCUT2D eigenvalue weighted by molar-refractivity contribution is 5.94. The number of benzene rings is 1. The van der Waals surface area contributed by atoms with Gasteiger partial charge in [-0.05, 0) is 23.6 Å². The Balaban J connectivity index is 2.55. The number of aliphatic imine (C=N–C) groups is 1. The van der Waals surface area contributed by atoms with Gasteiger partial charge in [0.15, 0.2) is 5.96 Å². The van der Waals surface area contributed by atoms with Crippen LogP contribution in [0.25, 0.3) is 0 Å². The van der Waals surface area contributed by atoms with Gasteiger partial charge in [-0.25, -0.2) is 0 Å². The number of carbonyl (C=O) groups is 1. The van der Waals surface area contributed by atoms with Gasteiger partial charge in [0.2, 0.25) is 0 Å². The molecule has 122 valence electrons. The quantitative estimate of drug-likeness (QED) is 0.534. The number of hydrogen-bond donors (Lipinski definition) is 3. The van der Waals surface area contributed by atoms with E-state index < -0.39 is 0 Å². The third kappa shape index (κ3) is 5.76. The van der Waals surface area contributed by atoms with Gasteiger partial charge in [0.05, 0.1) is 0 Å². The highest BCUT2D eigenvalue weighted by Crippen LogP contribution is 2.06. The van der Waals surface area contributed by atoms with E-state index in [1.807, 2.05) is 24.3 Å². The van der Waals surface area contributed by atoms with Crippen LogP contribution < -0.4 is 16.0 Å². The van der Waals surface area contributed by atoms with Crippen LogP contribution in [0.5, 0.6) is 0 Å². The van der Waals surface area contributed by atoms with Gasteiger partial charge in [0.1, 0.15) is 0 Å². The molecule has 0 heterocycles. The topological polar surface area (TPSA) is 65.5 Å². The van der Waals surface area contributed by atoms with E-state index in [1.54, 1.807) is 14.1 Å². The Morgan fingerprint density at radius 1 is 1.23 bits per heavy atom. The first-order valence-electron chi connectivity index (χ1n) is 7.90. The largest absolute Gasteiger partial charge is 0.356 e. The molecule has 5 nitrogen and oxygen atoms in total. The lowest BCUT2D eigenvalue weighted by atomic mass is 10.0. The summed E-state index contributed by atoms with van der Waals surface area (Å²) in [6.07, 6.45) is 2.32. The molecule has 0 spiro atoms. The summed E-state index contributed by atoms with van der Waals surface area (Å²) in [5.41, 5.74) is 1.72. The van der Waals surface area contributed by atoms with Gasteiger partial charge >= 0.3 is 0 Å². The molecular weight excluding hydrogens is 276 g/mol. The summed E-state index contributed by atoms with van der Waals surface area (Å²) >= 11 is 0. The summed E-state index contributed by atoms with van der Waals surface area (Å²) in [6, 6.07) is 7.58. The Kier molecular flexibility index (Phi) is 8.04. The molecule has 1 rings (SSSR count). The van der Waals surface area contributed by atoms with Crippen molar-refractivity contribution >= 4 is 11.9 Å². The lowest BCUT2D eigenvalue weighted by molar-refractivity contribution is 0.0963. The van der Waals surface area contributed by atoms with E-state index in [2.05, 4.69) is 34.8 Å². The molecule has 1 aromatic carbocycles. The van der Waals surface area contributed by atoms with Crippen molar-refractivity contribution in [2.24, 2.45) is 10.9 Å². The van der Waals surface area contributed by atoms with E-state index in [1.165, 1.54) is 0 Å². The van der Waals surface area contributed by atoms with Crippen LogP contribution in [0.15, 0.2) is 29.3 Å². The van der Waals surface area contributed by atoms with Gasteiger partial charge < -0.3 is 16.0 Å². The summed E-state index contributed by atoms with van der Waals surface area (Å²) in [5, 5.41) is 9.27. The molecular formula is C17H28N4O. The van der Waals surface area contributed by atoms with Crippen molar-refractivity contribution in [1.29, 1.82) is 0 Å². The van der Waals surface area contributed by atoms with Crippen molar-refractivity contribution in [3.63, 3.8) is 0 Å². The van der Waals surface area contributed by atoms with Crippen molar-refractivity contribution in [3.05, 3.63) is 35.4 Å². The number of rotatable bonds is 7. The molecule has 1 amide bonds. The summed E-state index contributed by atoms with van der Waals surface area (Å²) < 4.78 is 0. The Hall–Kier alpha value is -2.04. The van der Waals surface area contributed by atoms with E-state index in [0.29, 0.717) is 18.0 Å². The van der Waals surface area contributed by atoms with Gasteiger partial charge in [-0.15, -0.1) is 0 Å². The minimum atomic E-state index is -0.0712. The molecule has 0 bridgehead atoms. The fraction of sp³-hybridized carbons (Fsp3) is 0.529. The van der Waals surface area contributed by atoms with Crippen LogP contribution in [0.3, 0.4) is 0 Å². The van der Waals surface area contributed by atoms with Crippen LogP contribution in [0, 0.1) is 5.92 Å². The predicted octanol–water partition coefficient (Wildman–Crippen LogP) is 2.15. The van der Waals surface area contributed by atoms with E-state index in [9.17, 15) is 4.79 Å². The maximum atomic E-state index is 11.6. The zero-order valence-electron chi connectivity index (χ0n) is 14.1. The lowest BCUT2D eigenvalue weighted by Crippen LogP contribution is -2.39. The van der Waals surface area contributed by atoms with Crippen molar-refractivity contribution in [3.8, 4) is 0 Å². The minimum absolute atomic E-state index is 0.0712. The van der Waals surface area contributed by atoms with E-state index >= 15 is 0 Å². The second kappa shape index (κ2) is 9.82. The van der Waals surface area contributed by atoms with Gasteiger partial charge in [0, 0.05) is 32.7 Å². The lowest BCUT2D eigenvalue weighted by Gasteiger charge is -2.16. The monoisotopic (exact) mass is 304 g/mol. The van der Waals surface area contributed by atoms with Crippen LogP contribution >= 0.6 is 0 Å². The van der Waals surface area contributed by atoms with Gasteiger partial charge in [-0.2, -0.15) is 0 Å². The molecule has 0 saturated carbocycles. The minimum Gasteiger partial charge on any atom is -0.356 e. The van der Waals surface area contributed by atoms with Crippen molar-refractivity contribution < 1.29 is 4.79 Å². The van der Waals surface area contributed by atoms with Gasteiger partial charge in [0.25, 0.3) is 5.91 Å². The maximum Gasteiger partial charge on any atom is 0.251 e. The van der Waals surface area contributed by atoms with E-state index in [0.717, 1.165) is 30.9 Å². The number of guanidine groups is 1. The molecule has 0 saturated heterocycles. The molecule has 0 aliphatic heterocycles. The third-order valence-corrected chi connectivity index (χ3v) is 3.81. The van der Waals surface area contributed by atoms with E-state index in [4.69, 9.17) is 0 Å². The molecule has 0 radical (unpaired) electrons. The first-order chi connectivity index (χ1) is 10.6. The summed E-state index contributed by atoms with van der Waals surface area (Å²) in [4.78, 5) is 15.9. The molecule has 22 heavy (non-hydrogen) atoms. The Morgan fingerprint density at radius 3 is 2.55 bits per heavy atom. The molecule has 0 fully saturated rings. The summed E-state index contributed by atoms with van der Waals surface area (Å²) in [7, 11) is 3.40. The summed E-state index contributed by atoms with van der Waals surface area (Å²) in [5.74, 6) is 1.38. The number of amides is 1. The first kappa shape index (κ1) is 18.0. The predicted molar refractivity (Wildman–Crippen MR) is 92.1 cm³/mol. The number of nitrogens with one attached hydrogen (secondary N) is 3. The Morgan fingerprint density at radius 2 is 1.95 bits per heavy atom. The van der Waals surface area contributed by atoms with Gasteiger partial charge in [-0.1, -0.05) is 38.8 Å². The molecule has 0 atom stereocenters. The SMILES string of the molecule is CCC(CC)CNC(=NC)NCc1cccc(C(=O)NC)c1. The smallest absolute Gasteiger partial charge is 0.251 e. The zero-order chi connectivity index (χ0) is 16.4. The highest BCUT2D eigenvalue weighted by atomic mass is 16.1. The molecule has 5 heteroatoms. The number of carbonyl (C=O) groups excluding carboxylic acids is 1. The average Bonchev–Trinajstić information content (AvgIpc) is 2.57. The third-order valence-electron chi connectivity index (χ3n) is 3.81. The standard InChI is InChI=1S/C17H28N4O/c1-5-13(6-2)11-20-17(19-4)21-12-14-8-7-9-15(10-14)16(22)18-3/h7-10,13H,5-6,11-12H2,1-4H3,(H,18,22)(H2,19,20,21). The van der Waals surface area contributed by atoms with Crippen LogP contribution in [0.4, 0.5) is 0 Å². The molecule has 3 N–H and O–H groups in total. The summed E-state index contributed by atoms with van der Waals surface area (Å²) in [6.45, 7) is 5.96. The molecule has 0 unspecified atom stereocenters. The molecule has 0 aliphatic rings. The molecule has 0 aromatic heterocycles. The second-order valence-corrected chi connectivity index (χ2v) is 5.27.